The van der Waals surface area contributed by atoms with Gasteiger partial charge in [-0.15, -0.1) is 4.40 Å². The number of benzene rings is 2. The predicted octanol–water partition coefficient (Wildman–Crippen LogP) is 1.93. The number of aromatic nitrogens is 1. The van der Waals surface area contributed by atoms with E-state index in [1.54, 1.807) is 24.3 Å². The molecule has 1 radical (unpaired) electrons. The molecule has 2 heterocycles. The number of para-hydroxylation sites is 1. The second kappa shape index (κ2) is 7.05. The second-order valence-corrected chi connectivity index (χ2v) is 9.09. The van der Waals surface area contributed by atoms with Crippen molar-refractivity contribution >= 4 is 38.1 Å². The van der Waals surface area contributed by atoms with Crippen molar-refractivity contribution in [2.45, 2.75) is 17.7 Å². The Kier molecular flexibility index (Phi) is 4.41. The summed E-state index contributed by atoms with van der Waals surface area (Å²) in [5.74, 6) is -0.433. The quantitative estimate of drug-likeness (QED) is 0.390. The molecular weight excluding hydrogens is 438 g/mol. The second-order valence-electron chi connectivity index (χ2n) is 7.55. The van der Waals surface area contributed by atoms with Gasteiger partial charge in [-0.3, -0.25) is 14.9 Å². The summed E-state index contributed by atoms with van der Waals surface area (Å²) in [4.78, 5) is 23.1. The average molecular weight is 454 g/mol. The third-order valence-corrected chi connectivity index (χ3v) is 6.71. The van der Waals surface area contributed by atoms with Crippen molar-refractivity contribution in [3.8, 4) is 5.75 Å². The average Bonchev–Trinajstić information content (AvgIpc) is 3.57. The Morgan fingerprint density at radius 2 is 2.06 bits per heavy atom. The van der Waals surface area contributed by atoms with Gasteiger partial charge in [0.2, 0.25) is 0 Å². The molecule has 0 amide bonds. The van der Waals surface area contributed by atoms with E-state index in [0.29, 0.717) is 23.4 Å². The van der Waals surface area contributed by atoms with Crippen LogP contribution in [0.25, 0.3) is 10.9 Å². The third kappa shape index (κ3) is 3.15. The Labute approximate surface area is 181 Å². The number of hydrogen-bond donors (Lipinski definition) is 3. The molecule has 163 valence electrons. The highest BCUT2D eigenvalue weighted by atomic mass is 32.2. The summed E-state index contributed by atoms with van der Waals surface area (Å²) in [7, 11) is -4.56. The minimum Gasteiger partial charge on any atom is -0.506 e. The van der Waals surface area contributed by atoms with Crippen molar-refractivity contribution in [3.05, 3.63) is 68.5 Å². The van der Waals surface area contributed by atoms with Crippen molar-refractivity contribution in [3.63, 3.8) is 0 Å². The van der Waals surface area contributed by atoms with Crippen LogP contribution >= 0.6 is 0 Å². The predicted molar refractivity (Wildman–Crippen MR) is 116 cm³/mol. The van der Waals surface area contributed by atoms with E-state index in [1.165, 1.54) is 16.8 Å². The van der Waals surface area contributed by atoms with Gasteiger partial charge in [-0.1, -0.05) is 12.1 Å². The van der Waals surface area contributed by atoms with Crippen LogP contribution in [0, 0.1) is 22.1 Å². The van der Waals surface area contributed by atoms with E-state index in [1.807, 2.05) is 0 Å². The van der Waals surface area contributed by atoms with Crippen molar-refractivity contribution in [1.29, 1.82) is 0 Å². The lowest BCUT2D eigenvalue weighted by Crippen LogP contribution is -2.37. The molecule has 2 aliphatic rings. The largest absolute Gasteiger partial charge is 0.506 e. The molecule has 1 saturated carbocycles. The van der Waals surface area contributed by atoms with Gasteiger partial charge in [-0.05, 0) is 43.0 Å². The highest BCUT2D eigenvalue weighted by molar-refractivity contribution is 7.90. The molecule has 0 unspecified atom stereocenters. The number of hydrogen-bond acceptors (Lipinski definition) is 8. The summed E-state index contributed by atoms with van der Waals surface area (Å²) in [6.07, 6.45) is 2.09. The smallest absolute Gasteiger partial charge is 0.300 e. The van der Waals surface area contributed by atoms with Crippen molar-refractivity contribution in [2.75, 3.05) is 17.3 Å². The van der Waals surface area contributed by atoms with Crippen molar-refractivity contribution in [1.82, 2.24) is 4.68 Å². The van der Waals surface area contributed by atoms with Crippen LogP contribution in [0.2, 0.25) is 0 Å². The lowest BCUT2D eigenvalue weighted by atomic mass is 10.1. The van der Waals surface area contributed by atoms with E-state index < -0.39 is 42.7 Å². The fourth-order valence-electron chi connectivity index (χ4n) is 3.63. The Morgan fingerprint density at radius 3 is 2.78 bits per heavy atom. The first-order chi connectivity index (χ1) is 15.3. The number of nitro groups is 1. The zero-order valence-corrected chi connectivity index (χ0v) is 17.2. The Bertz CT molecular complexity index is 1490. The number of nitrogens with one attached hydrogen (secondary N) is 2. The molecule has 11 nitrogen and oxygen atoms in total. The highest BCUT2D eigenvalue weighted by Gasteiger charge is 2.36. The Balaban J connectivity index is 1.73. The van der Waals surface area contributed by atoms with Gasteiger partial charge in [0.15, 0.2) is 10.7 Å². The zero-order chi connectivity index (χ0) is 22.6. The van der Waals surface area contributed by atoms with Gasteiger partial charge in [-0.2, -0.15) is 8.42 Å². The first-order valence-corrected chi connectivity index (χ1v) is 11.1. The van der Waals surface area contributed by atoms with E-state index in [9.17, 15) is 28.4 Å². The van der Waals surface area contributed by atoms with Crippen LogP contribution in [-0.2, 0) is 10.0 Å². The fraction of sp³-hybridized carbons (Fsp3) is 0.200. The highest BCUT2D eigenvalue weighted by Crippen LogP contribution is 2.37. The van der Waals surface area contributed by atoms with Crippen LogP contribution in [0.3, 0.4) is 0 Å². The van der Waals surface area contributed by atoms with Crippen molar-refractivity contribution in [2.24, 2.45) is 10.3 Å². The monoisotopic (exact) mass is 454 g/mol. The van der Waals surface area contributed by atoms with E-state index in [-0.39, 0.29) is 11.3 Å². The van der Waals surface area contributed by atoms with Gasteiger partial charge in [0.25, 0.3) is 21.3 Å². The summed E-state index contributed by atoms with van der Waals surface area (Å²) in [5.41, 5.74) is 1.51. The molecule has 12 heteroatoms. The van der Waals surface area contributed by atoms with Gasteiger partial charge in [0.05, 0.1) is 22.2 Å². The van der Waals surface area contributed by atoms with Crippen LogP contribution in [0.5, 0.6) is 5.75 Å². The third-order valence-electron chi connectivity index (χ3n) is 5.36. The van der Waals surface area contributed by atoms with E-state index in [2.05, 4.69) is 21.2 Å². The lowest BCUT2D eigenvalue weighted by molar-refractivity contribution is -0.388. The molecular formula is C20H16N5O6S. The van der Waals surface area contributed by atoms with Crippen LogP contribution in [0.4, 0.5) is 11.4 Å². The minimum absolute atomic E-state index is 0.134. The van der Waals surface area contributed by atoms with E-state index >= 15 is 0 Å². The number of anilines is 1. The van der Waals surface area contributed by atoms with Gasteiger partial charge in [-0.25, -0.2) is 4.68 Å². The van der Waals surface area contributed by atoms with Crippen LogP contribution in [-0.4, -0.2) is 35.5 Å². The topological polar surface area (TPSA) is 156 Å². The summed E-state index contributed by atoms with van der Waals surface area (Å²) in [6.45, 7) is 0.539. The molecule has 0 saturated heterocycles. The van der Waals surface area contributed by atoms with Crippen LogP contribution < -0.4 is 16.3 Å². The maximum Gasteiger partial charge on any atom is 0.300 e. The van der Waals surface area contributed by atoms with Gasteiger partial charge >= 0.3 is 0 Å². The van der Waals surface area contributed by atoms with Crippen molar-refractivity contribution < 1.29 is 18.4 Å². The molecule has 0 spiro atoms. The van der Waals surface area contributed by atoms with Crippen LogP contribution in [0.15, 0.2) is 50.5 Å². The van der Waals surface area contributed by atoms with Crippen LogP contribution in [0.1, 0.15) is 18.4 Å². The fourth-order valence-corrected chi connectivity index (χ4v) is 4.87. The Morgan fingerprint density at radius 1 is 1.31 bits per heavy atom. The van der Waals surface area contributed by atoms with Gasteiger partial charge in [0, 0.05) is 11.9 Å². The number of nitrogens with zero attached hydrogens (tertiary/aromatic N) is 3. The number of aromatic hydroxyl groups is 1. The van der Waals surface area contributed by atoms with E-state index in [0.717, 1.165) is 12.8 Å². The summed E-state index contributed by atoms with van der Waals surface area (Å²) in [6, 6.07) is 11.4. The first-order valence-electron chi connectivity index (χ1n) is 9.70. The number of amidine groups is 1. The molecule has 2 aromatic carbocycles. The normalized spacial score (nSPS) is 16.7. The lowest BCUT2D eigenvalue weighted by Gasteiger charge is -2.20. The number of sulfonamides is 1. The molecule has 5 rings (SSSR count). The van der Waals surface area contributed by atoms with Gasteiger partial charge in [0.1, 0.15) is 11.3 Å². The number of pyridine rings is 1. The number of nitro benzene ring substituents is 1. The molecule has 1 aromatic heterocycles. The molecule has 0 atom stereocenters. The number of fused-ring (bicyclic) bond motifs is 2. The maximum atomic E-state index is 13.3. The zero-order valence-electron chi connectivity index (χ0n) is 16.4. The van der Waals surface area contributed by atoms with Gasteiger partial charge < -0.3 is 15.8 Å². The molecule has 3 aromatic rings. The SMILES string of the molecule is O=c1c(C2=NS(=O)(=O)c3c([N+](=O)[O-])[c]ccc3N2)c(O)c2ccccc2n1NCC1CC1. The summed E-state index contributed by atoms with van der Waals surface area (Å²) < 4.78 is 30.5. The first kappa shape index (κ1) is 20.0. The standard InChI is InChI=1S/C20H16N5O6S/c26-17-12-4-1-2-6-14(12)24(21-10-11-8-9-11)20(27)16(17)19-22-13-5-3-7-15(25(28)29)18(13)32(30,31)23-19/h1-6,11,21,26H,8-10H2,(H,22,23). The molecule has 3 N–H and O–H groups in total. The molecule has 32 heavy (non-hydrogen) atoms. The molecule has 0 bridgehead atoms. The minimum atomic E-state index is -4.56. The molecule has 1 fully saturated rings. The number of rotatable bonds is 5. The maximum absolute atomic E-state index is 13.3. The molecule has 1 aliphatic carbocycles. The molecule has 1 aliphatic heterocycles. The summed E-state index contributed by atoms with van der Waals surface area (Å²) >= 11 is 0. The van der Waals surface area contributed by atoms with E-state index in [4.69, 9.17) is 0 Å². The summed E-state index contributed by atoms with van der Waals surface area (Å²) in [5, 5.41) is 25.1. The Hall–Kier alpha value is -3.93.